The van der Waals surface area contributed by atoms with Crippen molar-refractivity contribution in [3.05, 3.63) is 0 Å². The molecule has 0 saturated heterocycles. The van der Waals surface area contributed by atoms with Gasteiger partial charge in [-0.3, -0.25) is 0 Å². The van der Waals surface area contributed by atoms with E-state index >= 15 is 0 Å². The Morgan fingerprint density at radius 3 is 1.73 bits per heavy atom. The largest absolute Gasteiger partial charge is 0.474 e. The Labute approximate surface area is 133 Å². The highest BCUT2D eigenvalue weighted by atomic mass is 31.2. The van der Waals surface area contributed by atoms with Crippen LogP contribution in [0.25, 0.3) is 0 Å². The van der Waals surface area contributed by atoms with E-state index in [0.29, 0.717) is 6.61 Å². The van der Waals surface area contributed by atoms with Gasteiger partial charge in [-0.15, -0.1) is 0 Å². The summed E-state index contributed by atoms with van der Waals surface area (Å²) in [4.78, 5) is 18.3. The van der Waals surface area contributed by atoms with Gasteiger partial charge in [0.15, 0.2) is 0 Å². The number of ether oxygens (including phenoxy) is 3. The van der Waals surface area contributed by atoms with Crippen LogP contribution in [0.5, 0.6) is 0 Å². The molecule has 7 nitrogen and oxygen atoms in total. The number of rotatable bonds is 15. The van der Waals surface area contributed by atoms with Crippen LogP contribution in [-0.4, -0.2) is 42.2 Å². The summed E-state index contributed by atoms with van der Waals surface area (Å²) in [5.41, 5.74) is 0. The smallest absolute Gasteiger partial charge is 0.373 e. The van der Waals surface area contributed by atoms with Crippen LogP contribution < -0.4 is 0 Å². The molecule has 0 bridgehead atoms. The van der Waals surface area contributed by atoms with Gasteiger partial charge in [-0.05, 0) is 19.3 Å². The van der Waals surface area contributed by atoms with E-state index in [0.717, 1.165) is 38.5 Å². The SMILES string of the molecule is CCCCOCC(OCCCC)(OCCCC)OP(=O)(O)O. The first-order valence-electron chi connectivity index (χ1n) is 8.01. The van der Waals surface area contributed by atoms with Crippen molar-refractivity contribution in [2.45, 2.75) is 65.3 Å². The predicted molar refractivity (Wildman–Crippen MR) is 83.3 cm³/mol. The maximum atomic E-state index is 11.3. The number of phosphoric acid groups is 1. The van der Waals surface area contributed by atoms with Crippen molar-refractivity contribution < 1.29 is 33.1 Å². The first-order valence-corrected chi connectivity index (χ1v) is 9.54. The van der Waals surface area contributed by atoms with Gasteiger partial charge in [0.1, 0.15) is 6.61 Å². The summed E-state index contributed by atoms with van der Waals surface area (Å²) in [5.74, 6) is -1.85. The second kappa shape index (κ2) is 12.4. The Morgan fingerprint density at radius 2 is 1.32 bits per heavy atom. The van der Waals surface area contributed by atoms with Crippen LogP contribution in [0, 0.1) is 0 Å². The van der Waals surface area contributed by atoms with E-state index in [-0.39, 0.29) is 19.8 Å². The van der Waals surface area contributed by atoms with Crippen molar-refractivity contribution in [1.82, 2.24) is 0 Å². The van der Waals surface area contributed by atoms with Gasteiger partial charge in [0.05, 0.1) is 13.2 Å². The highest BCUT2D eigenvalue weighted by Crippen LogP contribution is 2.42. The fourth-order valence-electron chi connectivity index (χ4n) is 1.57. The topological polar surface area (TPSA) is 94.5 Å². The molecule has 134 valence electrons. The molecule has 0 aliphatic carbocycles. The Kier molecular flexibility index (Phi) is 12.4. The minimum Gasteiger partial charge on any atom is -0.373 e. The van der Waals surface area contributed by atoms with E-state index in [9.17, 15) is 4.57 Å². The fourth-order valence-corrected chi connectivity index (χ4v) is 2.09. The van der Waals surface area contributed by atoms with Crippen LogP contribution in [0.1, 0.15) is 59.3 Å². The third kappa shape index (κ3) is 11.5. The molecule has 0 rings (SSSR count). The van der Waals surface area contributed by atoms with Crippen molar-refractivity contribution in [1.29, 1.82) is 0 Å². The third-order valence-electron chi connectivity index (χ3n) is 2.82. The molecule has 2 N–H and O–H groups in total. The summed E-state index contributed by atoms with van der Waals surface area (Å²) in [6.07, 6.45) is 5.04. The van der Waals surface area contributed by atoms with Crippen LogP contribution in [0.15, 0.2) is 0 Å². The van der Waals surface area contributed by atoms with Gasteiger partial charge >= 0.3 is 13.8 Å². The van der Waals surface area contributed by atoms with E-state index in [1.165, 1.54) is 0 Å². The monoisotopic (exact) mass is 342 g/mol. The fraction of sp³-hybridized carbons (Fsp3) is 1.00. The molecule has 0 unspecified atom stereocenters. The maximum Gasteiger partial charge on any atom is 0.474 e. The highest BCUT2D eigenvalue weighted by molar-refractivity contribution is 7.46. The molecule has 0 atom stereocenters. The zero-order chi connectivity index (χ0) is 16.9. The van der Waals surface area contributed by atoms with E-state index in [1.807, 2.05) is 20.8 Å². The minimum atomic E-state index is -4.77. The summed E-state index contributed by atoms with van der Waals surface area (Å²) < 4.78 is 32.5. The molecular formula is C14H31O7P. The van der Waals surface area contributed by atoms with Gasteiger partial charge in [0.25, 0.3) is 0 Å². The van der Waals surface area contributed by atoms with E-state index in [1.54, 1.807) is 0 Å². The van der Waals surface area contributed by atoms with Gasteiger partial charge in [-0.25, -0.2) is 9.09 Å². The normalized spacial score (nSPS) is 12.8. The number of hydrogen-bond donors (Lipinski definition) is 2. The van der Waals surface area contributed by atoms with Crippen LogP contribution in [0.4, 0.5) is 0 Å². The second-order valence-corrected chi connectivity index (χ2v) is 6.24. The third-order valence-corrected chi connectivity index (χ3v) is 3.33. The van der Waals surface area contributed by atoms with Gasteiger partial charge < -0.3 is 24.0 Å². The second-order valence-electron chi connectivity index (χ2n) is 5.08. The lowest BCUT2D eigenvalue weighted by Crippen LogP contribution is -2.44. The number of hydrogen-bond acceptors (Lipinski definition) is 5. The Morgan fingerprint density at radius 1 is 0.864 bits per heavy atom. The minimum absolute atomic E-state index is 0.175. The van der Waals surface area contributed by atoms with Crippen LogP contribution in [0.2, 0.25) is 0 Å². The summed E-state index contributed by atoms with van der Waals surface area (Å²) in [7, 11) is -4.77. The van der Waals surface area contributed by atoms with Crippen molar-refractivity contribution in [3.8, 4) is 0 Å². The molecule has 0 aromatic heterocycles. The Balaban J connectivity index is 4.80. The van der Waals surface area contributed by atoms with Crippen molar-refractivity contribution in [3.63, 3.8) is 0 Å². The van der Waals surface area contributed by atoms with Gasteiger partial charge in [0.2, 0.25) is 0 Å². The van der Waals surface area contributed by atoms with E-state index in [4.69, 9.17) is 28.5 Å². The van der Waals surface area contributed by atoms with Gasteiger partial charge in [-0.1, -0.05) is 40.0 Å². The summed E-state index contributed by atoms with van der Waals surface area (Å²) in [6.45, 7) is 6.84. The molecule has 0 heterocycles. The average molecular weight is 342 g/mol. The molecule has 0 saturated carbocycles. The highest BCUT2D eigenvalue weighted by Gasteiger charge is 2.41. The molecule has 8 heteroatoms. The molecule has 0 aliphatic rings. The molecule has 0 amide bonds. The summed E-state index contributed by atoms with van der Waals surface area (Å²) in [6, 6.07) is 0. The zero-order valence-electron chi connectivity index (χ0n) is 14.0. The van der Waals surface area contributed by atoms with E-state index < -0.39 is 13.8 Å². The van der Waals surface area contributed by atoms with E-state index in [2.05, 4.69) is 0 Å². The summed E-state index contributed by atoms with van der Waals surface area (Å²) >= 11 is 0. The molecule has 0 spiro atoms. The average Bonchev–Trinajstić information content (AvgIpc) is 2.42. The lowest BCUT2D eigenvalue weighted by atomic mass is 10.3. The van der Waals surface area contributed by atoms with Crippen molar-refractivity contribution >= 4 is 7.82 Å². The first-order chi connectivity index (χ1) is 10.4. The number of phosphoric ester groups is 1. The molecule has 22 heavy (non-hydrogen) atoms. The maximum absolute atomic E-state index is 11.3. The van der Waals surface area contributed by atoms with Crippen molar-refractivity contribution in [2.75, 3.05) is 26.4 Å². The van der Waals surface area contributed by atoms with Crippen LogP contribution >= 0.6 is 7.82 Å². The Bertz CT molecular complexity index is 296. The van der Waals surface area contributed by atoms with Gasteiger partial charge in [-0.2, -0.15) is 0 Å². The quantitative estimate of drug-likeness (QED) is 0.268. The molecule has 0 radical (unpaired) electrons. The Hall–Kier alpha value is -0.0100. The molecular weight excluding hydrogens is 311 g/mol. The predicted octanol–water partition coefficient (Wildman–Crippen LogP) is 3.20. The first kappa shape index (κ1) is 22.0. The lowest BCUT2D eigenvalue weighted by Gasteiger charge is -2.32. The molecule has 0 fully saturated rings. The molecule has 0 aromatic carbocycles. The zero-order valence-corrected chi connectivity index (χ0v) is 14.8. The standard InChI is InChI=1S/C14H31O7P/c1-4-7-10-18-13-14(19-11-8-5-2,20-12-9-6-3)21-22(15,16)17/h4-13H2,1-3H3,(H2,15,16,17). The molecule has 0 aromatic rings. The summed E-state index contributed by atoms with van der Waals surface area (Å²) in [5, 5.41) is 0. The number of unbranched alkanes of at least 4 members (excludes halogenated alkanes) is 3. The van der Waals surface area contributed by atoms with Gasteiger partial charge in [0, 0.05) is 6.61 Å². The molecule has 0 aliphatic heterocycles. The van der Waals surface area contributed by atoms with Crippen molar-refractivity contribution in [2.24, 2.45) is 0 Å². The van der Waals surface area contributed by atoms with Crippen LogP contribution in [0.3, 0.4) is 0 Å². The van der Waals surface area contributed by atoms with Crippen LogP contribution in [-0.2, 0) is 23.3 Å². The lowest BCUT2D eigenvalue weighted by molar-refractivity contribution is -0.365.